The molecule has 114 valence electrons. The maximum absolute atomic E-state index is 13.7. The van der Waals surface area contributed by atoms with Crippen LogP contribution in [0.25, 0.3) is 0 Å². The minimum Gasteiger partial charge on any atom is -0.444 e. The van der Waals surface area contributed by atoms with Crippen molar-refractivity contribution in [2.45, 2.75) is 32.4 Å². The smallest absolute Gasteiger partial charge is 0.408 e. The van der Waals surface area contributed by atoms with Crippen molar-refractivity contribution in [2.75, 3.05) is 17.2 Å². The van der Waals surface area contributed by atoms with Gasteiger partial charge >= 0.3 is 6.09 Å². The van der Waals surface area contributed by atoms with Crippen LogP contribution in [0.15, 0.2) is 18.2 Å². The highest BCUT2D eigenvalue weighted by atomic mass is 19.1. The Bertz CT molecular complexity index is 569. The lowest BCUT2D eigenvalue weighted by molar-refractivity contribution is -0.117. The van der Waals surface area contributed by atoms with E-state index in [9.17, 15) is 14.0 Å². The summed E-state index contributed by atoms with van der Waals surface area (Å²) in [5.74, 6) is -1.04. The Hall–Kier alpha value is -2.31. The molecule has 0 aliphatic carbocycles. The summed E-state index contributed by atoms with van der Waals surface area (Å²) in [6.07, 6.45) is -0.698. The molecule has 0 spiro atoms. The van der Waals surface area contributed by atoms with Crippen molar-refractivity contribution in [3.05, 3.63) is 24.0 Å². The third kappa shape index (κ3) is 3.84. The van der Waals surface area contributed by atoms with Crippen molar-refractivity contribution in [1.82, 2.24) is 5.32 Å². The van der Waals surface area contributed by atoms with Crippen molar-refractivity contribution in [1.29, 1.82) is 0 Å². The maximum Gasteiger partial charge on any atom is 0.408 e. The second-order valence-corrected chi connectivity index (χ2v) is 5.73. The zero-order valence-corrected chi connectivity index (χ0v) is 12.1. The van der Waals surface area contributed by atoms with Crippen molar-refractivity contribution < 1.29 is 18.7 Å². The third-order valence-corrected chi connectivity index (χ3v) is 2.77. The normalized spacial score (nSPS) is 17.9. The number of nitrogens with one attached hydrogen (secondary N) is 3. The van der Waals surface area contributed by atoms with Crippen molar-refractivity contribution in [3.8, 4) is 0 Å². The zero-order valence-electron chi connectivity index (χ0n) is 12.1. The molecule has 2 rings (SSSR count). The number of rotatable bonds is 1. The predicted molar refractivity (Wildman–Crippen MR) is 76.7 cm³/mol. The van der Waals surface area contributed by atoms with E-state index in [0.29, 0.717) is 5.69 Å². The van der Waals surface area contributed by atoms with Crippen LogP contribution in [0.4, 0.5) is 20.6 Å². The van der Waals surface area contributed by atoms with Crippen molar-refractivity contribution in [3.63, 3.8) is 0 Å². The Kier molecular flexibility index (Phi) is 4.02. The largest absolute Gasteiger partial charge is 0.444 e. The first-order valence-electron chi connectivity index (χ1n) is 6.59. The number of para-hydroxylation sites is 1. The second kappa shape index (κ2) is 5.59. The number of fused-ring (bicyclic) bond motifs is 1. The Labute approximate surface area is 122 Å². The number of alkyl carbamates (subject to hydrolysis) is 1. The van der Waals surface area contributed by atoms with Gasteiger partial charge < -0.3 is 20.7 Å². The highest BCUT2D eigenvalue weighted by molar-refractivity contribution is 6.00. The Morgan fingerprint density at radius 2 is 2.14 bits per heavy atom. The molecule has 0 saturated carbocycles. The molecule has 6 nitrogen and oxygen atoms in total. The first kappa shape index (κ1) is 15.1. The van der Waals surface area contributed by atoms with Gasteiger partial charge in [-0.1, -0.05) is 6.07 Å². The number of carbonyl (C=O) groups is 2. The topological polar surface area (TPSA) is 79.5 Å². The van der Waals surface area contributed by atoms with Crippen LogP contribution >= 0.6 is 0 Å². The van der Waals surface area contributed by atoms with E-state index in [1.54, 1.807) is 26.8 Å². The van der Waals surface area contributed by atoms with Crippen LogP contribution in [-0.4, -0.2) is 30.2 Å². The number of anilines is 2. The van der Waals surface area contributed by atoms with Gasteiger partial charge in [0.05, 0.1) is 5.69 Å². The number of hydrogen-bond donors (Lipinski definition) is 3. The van der Waals surface area contributed by atoms with Crippen LogP contribution in [0.1, 0.15) is 20.8 Å². The molecule has 2 amide bonds. The summed E-state index contributed by atoms with van der Waals surface area (Å²) in [5, 5.41) is 7.84. The molecule has 1 heterocycles. The second-order valence-electron chi connectivity index (χ2n) is 5.73. The molecule has 0 fully saturated rings. The van der Waals surface area contributed by atoms with Gasteiger partial charge in [0.1, 0.15) is 23.1 Å². The fourth-order valence-corrected chi connectivity index (χ4v) is 1.88. The number of halogens is 1. The van der Waals surface area contributed by atoms with Crippen LogP contribution in [0, 0.1) is 5.82 Å². The zero-order chi connectivity index (χ0) is 15.6. The molecule has 1 aliphatic rings. The first-order valence-corrected chi connectivity index (χ1v) is 6.59. The van der Waals surface area contributed by atoms with E-state index < -0.39 is 29.5 Å². The number of hydrogen-bond acceptors (Lipinski definition) is 4. The summed E-state index contributed by atoms with van der Waals surface area (Å²) in [6.45, 7) is 5.32. The van der Waals surface area contributed by atoms with Crippen molar-refractivity contribution >= 4 is 23.4 Å². The Balaban J connectivity index is 2.07. The number of amides is 2. The van der Waals surface area contributed by atoms with Gasteiger partial charge in [-0.3, -0.25) is 4.79 Å². The molecule has 3 N–H and O–H groups in total. The SMILES string of the molecule is CC(C)(C)OC(=O)N[C@H]1CNc2cccc(F)c2NC1=O. The lowest BCUT2D eigenvalue weighted by Crippen LogP contribution is -2.48. The number of carbonyl (C=O) groups excluding carboxylic acids is 2. The number of benzene rings is 1. The van der Waals surface area contributed by atoms with Gasteiger partial charge in [0.2, 0.25) is 5.91 Å². The van der Waals surface area contributed by atoms with Gasteiger partial charge in [0.15, 0.2) is 0 Å². The molecule has 1 aromatic rings. The average Bonchev–Trinajstić information content (AvgIpc) is 2.49. The summed E-state index contributed by atoms with van der Waals surface area (Å²) >= 11 is 0. The predicted octanol–water partition coefficient (Wildman–Crippen LogP) is 2.08. The van der Waals surface area contributed by atoms with Gasteiger partial charge in [-0.25, -0.2) is 9.18 Å². The minimum absolute atomic E-state index is 0.0796. The molecule has 21 heavy (non-hydrogen) atoms. The Morgan fingerprint density at radius 3 is 2.81 bits per heavy atom. The van der Waals surface area contributed by atoms with Crippen LogP contribution < -0.4 is 16.0 Å². The standard InChI is InChI=1S/C14H18FN3O3/c1-14(2,3)21-13(20)17-10-7-16-9-6-4-5-8(15)11(9)18-12(10)19/h4-6,10,16H,7H2,1-3H3,(H,17,20)(H,18,19)/t10-/m0/s1. The van der Waals surface area contributed by atoms with Crippen LogP contribution in [0.3, 0.4) is 0 Å². The summed E-state index contributed by atoms with van der Waals surface area (Å²) < 4.78 is 18.8. The van der Waals surface area contributed by atoms with Crippen LogP contribution in [-0.2, 0) is 9.53 Å². The van der Waals surface area contributed by atoms with E-state index in [4.69, 9.17) is 4.74 Å². The summed E-state index contributed by atoms with van der Waals surface area (Å²) in [6, 6.07) is 3.58. The van der Waals surface area contributed by atoms with E-state index in [2.05, 4.69) is 16.0 Å². The van der Waals surface area contributed by atoms with E-state index in [0.717, 1.165) is 0 Å². The van der Waals surface area contributed by atoms with Gasteiger partial charge in [0, 0.05) is 6.54 Å². The lowest BCUT2D eigenvalue weighted by atomic mass is 10.2. The fourth-order valence-electron chi connectivity index (χ4n) is 1.88. The molecule has 0 radical (unpaired) electrons. The van der Waals surface area contributed by atoms with E-state index in [1.807, 2.05) is 0 Å². The highest BCUT2D eigenvalue weighted by Crippen LogP contribution is 2.26. The molecule has 1 atom stereocenters. The van der Waals surface area contributed by atoms with Gasteiger partial charge in [-0.05, 0) is 32.9 Å². The minimum atomic E-state index is -0.855. The van der Waals surface area contributed by atoms with Gasteiger partial charge in [-0.2, -0.15) is 0 Å². The lowest BCUT2D eigenvalue weighted by Gasteiger charge is -2.22. The van der Waals surface area contributed by atoms with Gasteiger partial charge in [0.25, 0.3) is 0 Å². The molecule has 7 heteroatoms. The van der Waals surface area contributed by atoms with E-state index >= 15 is 0 Å². The molecular formula is C14H18FN3O3. The van der Waals surface area contributed by atoms with Crippen molar-refractivity contribution in [2.24, 2.45) is 0 Å². The monoisotopic (exact) mass is 295 g/mol. The quantitative estimate of drug-likeness (QED) is 0.741. The molecule has 0 unspecified atom stereocenters. The Morgan fingerprint density at radius 1 is 1.43 bits per heavy atom. The van der Waals surface area contributed by atoms with Crippen LogP contribution in [0.2, 0.25) is 0 Å². The molecular weight excluding hydrogens is 277 g/mol. The fraction of sp³-hybridized carbons (Fsp3) is 0.429. The summed E-state index contributed by atoms with van der Waals surface area (Å²) in [5.41, 5.74) is -0.110. The maximum atomic E-state index is 13.7. The van der Waals surface area contributed by atoms with E-state index in [1.165, 1.54) is 12.1 Å². The number of ether oxygens (including phenoxy) is 1. The average molecular weight is 295 g/mol. The first-order chi connectivity index (χ1) is 9.76. The molecule has 0 aromatic heterocycles. The molecule has 1 aliphatic heterocycles. The third-order valence-electron chi connectivity index (χ3n) is 2.77. The molecule has 0 bridgehead atoms. The summed E-state index contributed by atoms with van der Waals surface area (Å²) in [7, 11) is 0. The highest BCUT2D eigenvalue weighted by Gasteiger charge is 2.28. The van der Waals surface area contributed by atoms with E-state index in [-0.39, 0.29) is 12.2 Å². The van der Waals surface area contributed by atoms with Gasteiger partial charge in [-0.15, -0.1) is 0 Å². The molecule has 1 aromatic carbocycles. The molecule has 0 saturated heterocycles. The summed E-state index contributed by atoms with van der Waals surface area (Å²) in [4.78, 5) is 23.8. The van der Waals surface area contributed by atoms with Crippen LogP contribution in [0.5, 0.6) is 0 Å².